The number of nitrogens with two attached hydrogens (primary N) is 2. The van der Waals surface area contributed by atoms with Gasteiger partial charge in [0.25, 0.3) is 0 Å². The van der Waals surface area contributed by atoms with Crippen LogP contribution in [0.4, 0.5) is 5.69 Å². The Balaban J connectivity index is 0.000000362. The summed E-state index contributed by atoms with van der Waals surface area (Å²) >= 11 is 1.08. The Morgan fingerprint density at radius 1 is 1.26 bits per heavy atom. The molecule has 0 spiro atoms. The predicted molar refractivity (Wildman–Crippen MR) is 138 cm³/mol. The van der Waals surface area contributed by atoms with Crippen molar-refractivity contribution < 1.29 is 19.5 Å². The quantitative estimate of drug-likeness (QED) is 0.125. The van der Waals surface area contributed by atoms with Gasteiger partial charge in [0.1, 0.15) is 5.75 Å². The Kier molecular flexibility index (Phi) is 12.9. The summed E-state index contributed by atoms with van der Waals surface area (Å²) in [6.45, 7) is 4.88. The third-order valence-corrected chi connectivity index (χ3v) is 5.83. The zero-order valence-corrected chi connectivity index (χ0v) is 20.5. The highest BCUT2D eigenvalue weighted by Gasteiger charge is 2.23. The Morgan fingerprint density at radius 2 is 1.97 bits per heavy atom. The molecule has 0 bridgehead atoms. The van der Waals surface area contributed by atoms with Crippen molar-refractivity contribution in [1.29, 1.82) is 0 Å². The Bertz CT molecular complexity index is 984. The molecule has 2 amide bonds. The number of aromatic hydroxyl groups is 1. The molecule has 6 N–H and O–H groups in total. The zero-order chi connectivity index (χ0) is 25.5. The average Bonchev–Trinajstić information content (AvgIpc) is 2.83. The first-order valence-electron chi connectivity index (χ1n) is 10.7. The van der Waals surface area contributed by atoms with Crippen LogP contribution in [0.1, 0.15) is 36.5 Å². The van der Waals surface area contributed by atoms with Gasteiger partial charge in [-0.1, -0.05) is 49.4 Å². The maximum Gasteiger partial charge on any atom is 0.236 e. The van der Waals surface area contributed by atoms with Crippen LogP contribution in [-0.4, -0.2) is 52.6 Å². The lowest BCUT2D eigenvalue weighted by Gasteiger charge is -2.22. The van der Waals surface area contributed by atoms with E-state index in [1.165, 1.54) is 12.1 Å². The van der Waals surface area contributed by atoms with Gasteiger partial charge in [-0.25, -0.2) is 0 Å². The van der Waals surface area contributed by atoms with Crippen molar-refractivity contribution in [2.45, 2.75) is 38.4 Å². The highest BCUT2D eigenvalue weighted by molar-refractivity contribution is 8.13. The van der Waals surface area contributed by atoms with E-state index in [0.29, 0.717) is 24.1 Å². The number of carbonyl (C=O) groups excluding carboxylic acids is 3. The molecule has 0 heterocycles. The lowest BCUT2D eigenvalue weighted by atomic mass is 10.0. The van der Waals surface area contributed by atoms with Crippen LogP contribution in [0.3, 0.4) is 0 Å². The fourth-order valence-electron chi connectivity index (χ4n) is 3.03. The SMILES string of the molecule is CCCCN(C)C(=O)C(Cc1ccccc1C)SC=O.N/N=C(\N)c1ccc(NC=O)cc1O. The van der Waals surface area contributed by atoms with Crippen LogP contribution in [0.5, 0.6) is 5.75 Å². The summed E-state index contributed by atoms with van der Waals surface area (Å²) < 4.78 is 0. The maximum atomic E-state index is 12.4. The standard InChI is InChI=1S/C16H23NO2S.C8H10N4O2/c1-4-5-10-17(3)16(19)15(20-12-18)11-14-9-7-6-8-13(14)2;9-8(12-10)6-2-1-5(11-4-13)3-7(6)14/h6-9,12,15H,4-5,10-11H2,1-3H3;1-4,14H,10H2,(H2,9,12)(H,11,13). The summed E-state index contributed by atoms with van der Waals surface area (Å²) in [4.78, 5) is 35.1. The molecule has 0 radical (unpaired) electrons. The van der Waals surface area contributed by atoms with Gasteiger partial charge in [0.2, 0.25) is 12.3 Å². The van der Waals surface area contributed by atoms with Gasteiger partial charge in [0.05, 0.1) is 10.8 Å². The van der Waals surface area contributed by atoms with Gasteiger partial charge in [-0.05, 0) is 43.0 Å². The molecule has 0 saturated carbocycles. The second kappa shape index (κ2) is 15.3. The van der Waals surface area contributed by atoms with E-state index in [4.69, 9.17) is 11.6 Å². The molecule has 2 aromatic rings. The highest BCUT2D eigenvalue weighted by Crippen LogP contribution is 2.21. The smallest absolute Gasteiger partial charge is 0.236 e. The molecule has 0 aromatic heterocycles. The van der Waals surface area contributed by atoms with Crippen LogP contribution >= 0.6 is 11.8 Å². The van der Waals surface area contributed by atoms with E-state index in [-0.39, 0.29) is 22.7 Å². The van der Waals surface area contributed by atoms with Gasteiger partial charge in [-0.15, -0.1) is 0 Å². The minimum atomic E-state index is -0.324. The van der Waals surface area contributed by atoms with Gasteiger partial charge in [-0.3, -0.25) is 14.4 Å². The zero-order valence-electron chi connectivity index (χ0n) is 19.7. The van der Waals surface area contributed by atoms with Crippen molar-refractivity contribution in [3.8, 4) is 5.75 Å². The van der Waals surface area contributed by atoms with E-state index < -0.39 is 0 Å². The van der Waals surface area contributed by atoms with Gasteiger partial charge in [-0.2, -0.15) is 5.10 Å². The molecule has 1 atom stereocenters. The number of amides is 2. The minimum absolute atomic E-state index is 0.0279. The third-order valence-electron chi connectivity index (χ3n) is 5.02. The number of aryl methyl sites for hydroxylation is 1. The summed E-state index contributed by atoms with van der Waals surface area (Å²) in [6.07, 6.45) is 3.16. The first-order valence-corrected chi connectivity index (χ1v) is 11.7. The number of carbonyl (C=O) groups is 3. The summed E-state index contributed by atoms with van der Waals surface area (Å²) in [5.74, 6) is 4.92. The van der Waals surface area contributed by atoms with Crippen LogP contribution < -0.4 is 16.9 Å². The van der Waals surface area contributed by atoms with E-state index in [9.17, 15) is 19.5 Å². The minimum Gasteiger partial charge on any atom is -0.507 e. The maximum absolute atomic E-state index is 12.4. The third kappa shape index (κ3) is 9.14. The van der Waals surface area contributed by atoms with Gasteiger partial charge in [0.15, 0.2) is 11.5 Å². The molecule has 10 heteroatoms. The Hall–Kier alpha value is -3.53. The van der Waals surface area contributed by atoms with Gasteiger partial charge >= 0.3 is 0 Å². The highest BCUT2D eigenvalue weighted by atomic mass is 32.2. The number of unbranched alkanes of at least 4 members (excludes halogenated alkanes) is 1. The molecule has 34 heavy (non-hydrogen) atoms. The van der Waals surface area contributed by atoms with Crippen molar-refractivity contribution in [3.63, 3.8) is 0 Å². The summed E-state index contributed by atoms with van der Waals surface area (Å²) in [6, 6.07) is 12.4. The second-order valence-electron chi connectivity index (χ2n) is 7.47. The number of rotatable bonds is 11. The van der Waals surface area contributed by atoms with E-state index in [2.05, 4.69) is 17.3 Å². The first-order chi connectivity index (χ1) is 16.3. The van der Waals surface area contributed by atoms with Crippen LogP contribution in [-0.2, 0) is 20.8 Å². The monoisotopic (exact) mass is 487 g/mol. The molecule has 0 saturated heterocycles. The molecule has 9 nitrogen and oxygen atoms in total. The molecule has 0 aliphatic rings. The molecule has 2 aromatic carbocycles. The molecule has 1 unspecified atom stereocenters. The molecule has 184 valence electrons. The fourth-order valence-corrected chi connectivity index (χ4v) is 3.73. The molecule has 0 aliphatic heterocycles. The number of nitrogens with zero attached hydrogens (tertiary/aromatic N) is 2. The number of amidine groups is 1. The molecular formula is C24H33N5O4S. The first kappa shape index (κ1) is 28.5. The van der Waals surface area contributed by atoms with Crippen molar-refractivity contribution in [3.05, 3.63) is 59.2 Å². The van der Waals surface area contributed by atoms with Crippen molar-refractivity contribution >= 4 is 41.2 Å². The van der Waals surface area contributed by atoms with E-state index in [1.54, 1.807) is 11.0 Å². The number of hydrogen-bond acceptors (Lipinski definition) is 7. The topological polar surface area (TPSA) is 151 Å². The molecule has 0 aliphatic carbocycles. The Morgan fingerprint density at radius 3 is 2.53 bits per heavy atom. The van der Waals surface area contributed by atoms with Crippen LogP contribution in [0, 0.1) is 6.92 Å². The fraction of sp³-hybridized carbons (Fsp3) is 0.333. The van der Waals surface area contributed by atoms with Crippen LogP contribution in [0.15, 0.2) is 47.6 Å². The van der Waals surface area contributed by atoms with Gasteiger partial charge in [0, 0.05) is 25.3 Å². The molecular weight excluding hydrogens is 454 g/mol. The number of benzene rings is 2. The molecule has 0 fully saturated rings. The average molecular weight is 488 g/mol. The van der Waals surface area contributed by atoms with Crippen molar-refractivity contribution in [2.75, 3.05) is 18.9 Å². The lowest BCUT2D eigenvalue weighted by Crippen LogP contribution is -2.36. The Labute approximate surface area is 204 Å². The largest absolute Gasteiger partial charge is 0.507 e. The number of anilines is 1. The number of hydrazone groups is 1. The van der Waals surface area contributed by atoms with E-state index in [1.807, 2.05) is 38.2 Å². The van der Waals surface area contributed by atoms with Crippen molar-refractivity contribution in [1.82, 2.24) is 4.90 Å². The number of nitrogens with one attached hydrogen (secondary N) is 1. The summed E-state index contributed by atoms with van der Waals surface area (Å²) in [5.41, 5.74) is 9.24. The number of thioether (sulfide) groups is 1. The van der Waals surface area contributed by atoms with E-state index in [0.717, 1.165) is 47.9 Å². The number of hydrogen-bond donors (Lipinski definition) is 4. The van der Waals surface area contributed by atoms with Crippen LogP contribution in [0.2, 0.25) is 0 Å². The van der Waals surface area contributed by atoms with E-state index >= 15 is 0 Å². The number of phenolic OH excluding ortho intramolecular Hbond substituents is 1. The summed E-state index contributed by atoms with van der Waals surface area (Å²) in [5, 5.41) is 14.7. The second-order valence-corrected chi connectivity index (χ2v) is 8.51. The van der Waals surface area contributed by atoms with Crippen molar-refractivity contribution in [2.24, 2.45) is 16.7 Å². The normalized spacial score (nSPS) is 11.6. The predicted octanol–water partition coefficient (Wildman–Crippen LogP) is 2.63. The van der Waals surface area contributed by atoms with Crippen LogP contribution in [0.25, 0.3) is 0 Å². The lowest BCUT2D eigenvalue weighted by molar-refractivity contribution is -0.129. The van der Waals surface area contributed by atoms with Gasteiger partial charge < -0.3 is 26.9 Å². The summed E-state index contributed by atoms with van der Waals surface area (Å²) in [7, 11) is 1.81. The molecule has 2 rings (SSSR count). The number of phenols is 1.